The molecule has 17 heavy (non-hydrogen) atoms. The molecule has 1 rings (SSSR count). The Balaban J connectivity index is 2.54. The molecule has 1 unspecified atom stereocenters. The first-order valence-corrected chi connectivity index (χ1v) is 6.90. The van der Waals surface area contributed by atoms with Gasteiger partial charge >= 0.3 is 5.97 Å². The summed E-state index contributed by atoms with van der Waals surface area (Å²) in [5.41, 5.74) is 0.937. The molecule has 0 aliphatic heterocycles. The maximum atomic E-state index is 11.2. The van der Waals surface area contributed by atoms with Gasteiger partial charge in [0.05, 0.1) is 17.0 Å². The van der Waals surface area contributed by atoms with Gasteiger partial charge in [0.15, 0.2) is 0 Å². The molecule has 2 nitrogen and oxygen atoms in total. The maximum Gasteiger partial charge on any atom is 0.305 e. The quantitative estimate of drug-likeness (QED) is 0.572. The van der Waals surface area contributed by atoms with E-state index in [9.17, 15) is 4.79 Å². The van der Waals surface area contributed by atoms with Gasteiger partial charge in [-0.2, -0.15) is 0 Å². The Labute approximate surface area is 119 Å². The monoisotopic (exact) mass is 338 g/mol. The Hall–Kier alpha value is -0.250. The van der Waals surface area contributed by atoms with Crippen LogP contribution in [0.25, 0.3) is 0 Å². The second kappa shape index (κ2) is 7.24. The lowest BCUT2D eigenvalue weighted by atomic mass is 10.1. The molecule has 0 N–H and O–H groups in total. The summed E-state index contributed by atoms with van der Waals surface area (Å²) >= 11 is 15.4. The zero-order valence-corrected chi connectivity index (χ0v) is 12.5. The molecule has 94 valence electrons. The number of esters is 1. The van der Waals surface area contributed by atoms with Gasteiger partial charge in [-0.15, -0.1) is 11.6 Å². The van der Waals surface area contributed by atoms with Crippen LogP contribution in [0, 0.1) is 0 Å². The summed E-state index contributed by atoms with van der Waals surface area (Å²) in [5.74, 6) is -0.217. The van der Waals surface area contributed by atoms with Crippen molar-refractivity contribution in [3.8, 4) is 0 Å². The van der Waals surface area contributed by atoms with Crippen LogP contribution in [0.5, 0.6) is 0 Å². The van der Waals surface area contributed by atoms with Crippen LogP contribution >= 0.6 is 39.1 Å². The molecule has 1 atom stereocenters. The van der Waals surface area contributed by atoms with Crippen molar-refractivity contribution in [1.82, 2.24) is 0 Å². The standard InChI is InChI=1S/C12H13BrCl2O2/c1-2-17-12(16)6-5-10(14)8-3-4-11(15)9(13)7-8/h3-4,7,10H,2,5-6H2,1H3. The third kappa shape index (κ3) is 4.86. The molecule has 0 fully saturated rings. The highest BCUT2D eigenvalue weighted by Gasteiger charge is 2.12. The fraction of sp³-hybridized carbons (Fsp3) is 0.417. The molecule has 0 radical (unpaired) electrons. The molecule has 0 heterocycles. The Morgan fingerprint density at radius 2 is 2.24 bits per heavy atom. The molecule has 0 spiro atoms. The van der Waals surface area contributed by atoms with Crippen LogP contribution in [0.4, 0.5) is 0 Å². The van der Waals surface area contributed by atoms with Gasteiger partial charge in [-0.1, -0.05) is 17.7 Å². The van der Waals surface area contributed by atoms with E-state index in [0.717, 1.165) is 10.0 Å². The predicted molar refractivity (Wildman–Crippen MR) is 73.6 cm³/mol. The van der Waals surface area contributed by atoms with Crippen LogP contribution in [0.1, 0.15) is 30.7 Å². The van der Waals surface area contributed by atoms with Gasteiger partial charge < -0.3 is 4.74 Å². The molecule has 1 aromatic carbocycles. The molecular weight excluding hydrogens is 327 g/mol. The normalized spacial score (nSPS) is 12.2. The number of carbonyl (C=O) groups is 1. The van der Waals surface area contributed by atoms with Crippen LogP contribution in [0.3, 0.4) is 0 Å². The third-order valence-electron chi connectivity index (χ3n) is 2.21. The SMILES string of the molecule is CCOC(=O)CCC(Cl)c1ccc(Cl)c(Br)c1. The van der Waals surface area contributed by atoms with E-state index >= 15 is 0 Å². The number of carbonyl (C=O) groups excluding carboxylic acids is 1. The lowest BCUT2D eigenvalue weighted by Crippen LogP contribution is -2.05. The smallest absolute Gasteiger partial charge is 0.305 e. The van der Waals surface area contributed by atoms with Crippen LogP contribution in [0.2, 0.25) is 5.02 Å². The zero-order valence-electron chi connectivity index (χ0n) is 9.38. The summed E-state index contributed by atoms with van der Waals surface area (Å²) in [4.78, 5) is 11.2. The van der Waals surface area contributed by atoms with Gasteiger partial charge in [-0.05, 0) is 47.0 Å². The number of hydrogen-bond acceptors (Lipinski definition) is 2. The predicted octanol–water partition coefficient (Wildman–Crippen LogP) is 4.73. The lowest BCUT2D eigenvalue weighted by Gasteiger charge is -2.10. The molecule has 0 bridgehead atoms. The summed E-state index contributed by atoms with van der Waals surface area (Å²) in [6.45, 7) is 2.19. The minimum absolute atomic E-state index is 0.215. The van der Waals surface area contributed by atoms with Crippen molar-refractivity contribution in [3.63, 3.8) is 0 Å². The Morgan fingerprint density at radius 1 is 1.53 bits per heavy atom. The first kappa shape index (κ1) is 14.8. The number of alkyl halides is 1. The molecule has 0 saturated heterocycles. The number of hydrogen-bond donors (Lipinski definition) is 0. The van der Waals surface area contributed by atoms with E-state index in [1.807, 2.05) is 12.1 Å². The number of rotatable bonds is 5. The third-order valence-corrected chi connectivity index (χ3v) is 3.90. The van der Waals surface area contributed by atoms with E-state index in [1.165, 1.54) is 0 Å². The summed E-state index contributed by atoms with van der Waals surface area (Å²) in [5, 5.41) is 0.427. The van der Waals surface area contributed by atoms with E-state index in [-0.39, 0.29) is 11.3 Å². The average Bonchev–Trinajstić information content (AvgIpc) is 2.30. The van der Waals surface area contributed by atoms with Gasteiger partial charge in [-0.3, -0.25) is 4.79 Å². The van der Waals surface area contributed by atoms with Gasteiger partial charge in [0, 0.05) is 10.9 Å². The maximum absolute atomic E-state index is 11.2. The highest BCUT2D eigenvalue weighted by molar-refractivity contribution is 9.10. The number of benzene rings is 1. The van der Waals surface area contributed by atoms with Crippen LogP contribution in [0.15, 0.2) is 22.7 Å². The summed E-state index contributed by atoms with van der Waals surface area (Å²) in [7, 11) is 0. The molecule has 5 heteroatoms. The van der Waals surface area contributed by atoms with Crippen molar-refractivity contribution < 1.29 is 9.53 Å². The van der Waals surface area contributed by atoms with Crippen molar-refractivity contribution in [3.05, 3.63) is 33.3 Å². The van der Waals surface area contributed by atoms with Gasteiger partial charge in [0.2, 0.25) is 0 Å². The van der Waals surface area contributed by atoms with Gasteiger partial charge in [0.1, 0.15) is 0 Å². The van der Waals surface area contributed by atoms with Crippen LogP contribution in [-0.4, -0.2) is 12.6 Å². The number of ether oxygens (including phenoxy) is 1. The van der Waals surface area contributed by atoms with Crippen LogP contribution in [-0.2, 0) is 9.53 Å². The molecule has 0 aromatic heterocycles. The molecule has 0 aliphatic rings. The molecule has 0 aliphatic carbocycles. The van der Waals surface area contributed by atoms with E-state index in [1.54, 1.807) is 13.0 Å². The first-order valence-electron chi connectivity index (χ1n) is 5.29. The average molecular weight is 340 g/mol. The fourth-order valence-corrected chi connectivity index (χ4v) is 2.11. The van der Waals surface area contributed by atoms with Crippen molar-refractivity contribution in [1.29, 1.82) is 0 Å². The van der Waals surface area contributed by atoms with Crippen LogP contribution < -0.4 is 0 Å². The zero-order chi connectivity index (χ0) is 12.8. The minimum Gasteiger partial charge on any atom is -0.466 e. The second-order valence-corrected chi connectivity index (χ2v) is 5.27. The minimum atomic E-state index is -0.217. The highest BCUT2D eigenvalue weighted by Crippen LogP contribution is 2.31. The summed E-state index contributed by atoms with van der Waals surface area (Å²) < 4.78 is 5.65. The Kier molecular flexibility index (Phi) is 6.31. The second-order valence-electron chi connectivity index (χ2n) is 3.48. The summed E-state index contributed by atoms with van der Waals surface area (Å²) in [6.07, 6.45) is 0.872. The summed E-state index contributed by atoms with van der Waals surface area (Å²) in [6, 6.07) is 5.50. The molecule has 0 saturated carbocycles. The highest BCUT2D eigenvalue weighted by atomic mass is 79.9. The Morgan fingerprint density at radius 3 is 2.82 bits per heavy atom. The largest absolute Gasteiger partial charge is 0.466 e. The molecule has 0 amide bonds. The fourth-order valence-electron chi connectivity index (χ4n) is 1.35. The van der Waals surface area contributed by atoms with Gasteiger partial charge in [0.25, 0.3) is 0 Å². The van der Waals surface area contributed by atoms with E-state index in [2.05, 4.69) is 15.9 Å². The molecular formula is C12H13BrCl2O2. The van der Waals surface area contributed by atoms with E-state index < -0.39 is 0 Å². The van der Waals surface area contributed by atoms with Crippen molar-refractivity contribution in [2.75, 3.05) is 6.61 Å². The Bertz CT molecular complexity index is 396. The van der Waals surface area contributed by atoms with Gasteiger partial charge in [-0.25, -0.2) is 0 Å². The lowest BCUT2D eigenvalue weighted by molar-refractivity contribution is -0.143. The first-order chi connectivity index (χ1) is 8.04. The van der Waals surface area contributed by atoms with Crippen molar-refractivity contribution >= 4 is 45.1 Å². The van der Waals surface area contributed by atoms with E-state index in [0.29, 0.717) is 24.5 Å². The van der Waals surface area contributed by atoms with Crippen molar-refractivity contribution in [2.24, 2.45) is 0 Å². The van der Waals surface area contributed by atoms with Crippen molar-refractivity contribution in [2.45, 2.75) is 25.1 Å². The number of halogens is 3. The molecule has 1 aromatic rings. The topological polar surface area (TPSA) is 26.3 Å². The van der Waals surface area contributed by atoms with E-state index in [4.69, 9.17) is 27.9 Å².